The van der Waals surface area contributed by atoms with Crippen LogP contribution in [0.3, 0.4) is 0 Å². The second kappa shape index (κ2) is 8.43. The Morgan fingerprint density at radius 3 is 2.65 bits per heavy atom. The van der Waals surface area contributed by atoms with Gasteiger partial charge in [0, 0.05) is 36.0 Å². The Morgan fingerprint density at radius 1 is 1.08 bits per heavy atom. The number of aryl methyl sites for hydroxylation is 1. The second-order valence-corrected chi connectivity index (χ2v) is 6.20. The molecule has 3 aromatic rings. The number of para-hydroxylation sites is 1. The molecule has 5 nitrogen and oxygen atoms in total. The third-order valence-corrected chi connectivity index (χ3v) is 4.48. The highest BCUT2D eigenvalue weighted by Gasteiger charge is 2.14. The van der Waals surface area contributed by atoms with Crippen molar-refractivity contribution >= 4 is 5.82 Å². The maximum Gasteiger partial charge on any atom is 0.129 e. The molecule has 1 aromatic carbocycles. The van der Waals surface area contributed by atoms with Crippen molar-refractivity contribution in [3.63, 3.8) is 0 Å². The van der Waals surface area contributed by atoms with Crippen molar-refractivity contribution in [3.05, 3.63) is 66.2 Å². The van der Waals surface area contributed by atoms with Crippen molar-refractivity contribution in [2.24, 2.45) is 0 Å². The van der Waals surface area contributed by atoms with Crippen LogP contribution in [0.15, 0.2) is 55.0 Å². The Balaban J connectivity index is 1.74. The van der Waals surface area contributed by atoms with E-state index in [1.807, 2.05) is 49.5 Å². The van der Waals surface area contributed by atoms with Gasteiger partial charge in [0.05, 0.1) is 12.8 Å². The molecular weight excluding hydrogens is 324 g/mol. The second-order valence-electron chi connectivity index (χ2n) is 6.20. The fourth-order valence-electron chi connectivity index (χ4n) is 2.94. The van der Waals surface area contributed by atoms with Gasteiger partial charge in [-0.1, -0.05) is 25.1 Å². The van der Waals surface area contributed by atoms with E-state index in [2.05, 4.69) is 33.3 Å². The third-order valence-electron chi connectivity index (χ3n) is 4.48. The molecule has 26 heavy (non-hydrogen) atoms. The molecule has 0 aliphatic heterocycles. The number of nitrogens with zero attached hydrogens (tertiary/aromatic N) is 3. The lowest BCUT2D eigenvalue weighted by Crippen LogP contribution is -2.14. The summed E-state index contributed by atoms with van der Waals surface area (Å²) in [6, 6.07) is 14.1. The summed E-state index contributed by atoms with van der Waals surface area (Å²) >= 11 is 0. The first kappa shape index (κ1) is 17.9. The molecule has 0 saturated carbocycles. The maximum atomic E-state index is 5.51. The molecule has 2 aromatic heterocycles. The lowest BCUT2D eigenvalue weighted by Gasteiger charge is -2.19. The van der Waals surface area contributed by atoms with Crippen LogP contribution in [0.25, 0.3) is 11.3 Å². The van der Waals surface area contributed by atoms with Crippen LogP contribution in [-0.2, 0) is 0 Å². The van der Waals surface area contributed by atoms with Crippen molar-refractivity contribution in [1.29, 1.82) is 0 Å². The smallest absolute Gasteiger partial charge is 0.129 e. The van der Waals surface area contributed by atoms with Crippen LogP contribution < -0.4 is 10.1 Å². The van der Waals surface area contributed by atoms with Gasteiger partial charge in [0.1, 0.15) is 17.9 Å². The Kier molecular flexibility index (Phi) is 5.79. The quantitative estimate of drug-likeness (QED) is 0.683. The van der Waals surface area contributed by atoms with Crippen LogP contribution in [0, 0.1) is 6.92 Å². The first-order valence-electron chi connectivity index (χ1n) is 8.83. The predicted octanol–water partition coefficient (Wildman–Crippen LogP) is 4.46. The SMILES string of the molecule is CC[C@H](CNc1cc(-c2ccc(C)nc2)ncn1)c1ccccc1OC. The molecule has 0 amide bonds. The van der Waals surface area contributed by atoms with E-state index in [9.17, 15) is 0 Å². The minimum Gasteiger partial charge on any atom is -0.496 e. The summed E-state index contributed by atoms with van der Waals surface area (Å²) < 4.78 is 5.51. The van der Waals surface area contributed by atoms with E-state index in [1.54, 1.807) is 13.4 Å². The zero-order chi connectivity index (χ0) is 18.4. The number of rotatable bonds is 7. The third kappa shape index (κ3) is 4.17. The molecule has 1 atom stereocenters. The van der Waals surface area contributed by atoms with Gasteiger partial charge in [-0.15, -0.1) is 0 Å². The first-order chi connectivity index (χ1) is 12.7. The zero-order valence-electron chi connectivity index (χ0n) is 15.4. The van der Waals surface area contributed by atoms with Crippen molar-refractivity contribution in [2.75, 3.05) is 19.0 Å². The number of hydrogen-bond donors (Lipinski definition) is 1. The molecule has 134 valence electrons. The van der Waals surface area contributed by atoms with Gasteiger partial charge in [-0.05, 0) is 37.1 Å². The molecule has 5 heteroatoms. The molecule has 0 bridgehead atoms. The average molecular weight is 348 g/mol. The molecule has 0 aliphatic rings. The fraction of sp³-hybridized carbons (Fsp3) is 0.286. The molecular formula is C21H24N4O. The highest BCUT2D eigenvalue weighted by molar-refractivity contribution is 5.61. The van der Waals surface area contributed by atoms with Crippen molar-refractivity contribution in [2.45, 2.75) is 26.2 Å². The topological polar surface area (TPSA) is 59.9 Å². The van der Waals surface area contributed by atoms with E-state index in [4.69, 9.17) is 4.74 Å². The van der Waals surface area contributed by atoms with Gasteiger partial charge >= 0.3 is 0 Å². The minimum atomic E-state index is 0.339. The first-order valence-corrected chi connectivity index (χ1v) is 8.83. The van der Waals surface area contributed by atoms with E-state index in [0.29, 0.717) is 5.92 Å². The molecule has 0 aliphatic carbocycles. The number of nitrogens with one attached hydrogen (secondary N) is 1. The van der Waals surface area contributed by atoms with E-state index in [0.717, 1.165) is 41.5 Å². The van der Waals surface area contributed by atoms with Gasteiger partial charge in [-0.2, -0.15) is 0 Å². The Bertz CT molecular complexity index is 849. The number of hydrogen-bond acceptors (Lipinski definition) is 5. The number of aromatic nitrogens is 3. The molecule has 0 fully saturated rings. The van der Waals surface area contributed by atoms with Crippen molar-refractivity contribution in [1.82, 2.24) is 15.0 Å². The van der Waals surface area contributed by atoms with E-state index < -0.39 is 0 Å². The van der Waals surface area contributed by atoms with Crippen molar-refractivity contribution in [3.8, 4) is 17.0 Å². The molecule has 0 spiro atoms. The Labute approximate surface area is 154 Å². The Morgan fingerprint density at radius 2 is 1.92 bits per heavy atom. The average Bonchev–Trinajstić information content (AvgIpc) is 2.69. The van der Waals surface area contributed by atoms with E-state index in [-0.39, 0.29) is 0 Å². The summed E-state index contributed by atoms with van der Waals surface area (Å²) in [5.41, 5.74) is 4.05. The van der Waals surface area contributed by atoms with Gasteiger partial charge < -0.3 is 10.1 Å². The van der Waals surface area contributed by atoms with E-state index in [1.165, 1.54) is 5.56 Å². The van der Waals surface area contributed by atoms with Gasteiger partial charge in [-0.25, -0.2) is 9.97 Å². The fourth-order valence-corrected chi connectivity index (χ4v) is 2.94. The van der Waals surface area contributed by atoms with Gasteiger partial charge in [0.25, 0.3) is 0 Å². The predicted molar refractivity (Wildman–Crippen MR) is 105 cm³/mol. The van der Waals surface area contributed by atoms with Gasteiger partial charge in [-0.3, -0.25) is 4.98 Å². The van der Waals surface area contributed by atoms with Crippen LogP contribution in [-0.4, -0.2) is 28.6 Å². The van der Waals surface area contributed by atoms with Gasteiger partial charge in [0.15, 0.2) is 0 Å². The van der Waals surface area contributed by atoms with Crippen LogP contribution in [0.2, 0.25) is 0 Å². The molecule has 1 N–H and O–H groups in total. The highest BCUT2D eigenvalue weighted by Crippen LogP contribution is 2.29. The lowest BCUT2D eigenvalue weighted by atomic mass is 9.95. The molecule has 0 unspecified atom stereocenters. The monoisotopic (exact) mass is 348 g/mol. The van der Waals surface area contributed by atoms with Crippen LogP contribution in [0.5, 0.6) is 5.75 Å². The summed E-state index contributed by atoms with van der Waals surface area (Å²) in [6.45, 7) is 4.93. The summed E-state index contributed by atoms with van der Waals surface area (Å²) in [7, 11) is 1.71. The molecule has 3 rings (SSSR count). The van der Waals surface area contributed by atoms with Crippen LogP contribution >= 0.6 is 0 Å². The lowest BCUT2D eigenvalue weighted by molar-refractivity contribution is 0.405. The number of pyridine rings is 1. The zero-order valence-corrected chi connectivity index (χ0v) is 15.4. The summed E-state index contributed by atoms with van der Waals surface area (Å²) in [4.78, 5) is 13.0. The van der Waals surface area contributed by atoms with E-state index >= 15 is 0 Å². The van der Waals surface area contributed by atoms with Gasteiger partial charge in [0.2, 0.25) is 0 Å². The normalized spacial score (nSPS) is 11.8. The summed E-state index contributed by atoms with van der Waals surface area (Å²) in [5.74, 6) is 2.07. The Hall–Kier alpha value is -2.95. The molecule has 2 heterocycles. The number of ether oxygens (including phenoxy) is 1. The van der Waals surface area contributed by atoms with Crippen LogP contribution in [0.4, 0.5) is 5.82 Å². The number of methoxy groups -OCH3 is 1. The maximum absolute atomic E-state index is 5.51. The largest absolute Gasteiger partial charge is 0.496 e. The number of benzene rings is 1. The summed E-state index contributed by atoms with van der Waals surface area (Å²) in [5, 5.41) is 3.44. The molecule has 0 saturated heterocycles. The standard InChI is InChI=1S/C21H24N4O/c1-4-16(18-7-5-6-8-20(18)26-3)12-23-21-11-19(24-14-25-21)17-10-9-15(2)22-13-17/h5-11,13-14,16H,4,12H2,1-3H3,(H,23,24,25)/t16-/m1/s1. The van der Waals surface area contributed by atoms with Crippen molar-refractivity contribution < 1.29 is 4.74 Å². The van der Waals surface area contributed by atoms with Crippen LogP contribution in [0.1, 0.15) is 30.5 Å². The minimum absolute atomic E-state index is 0.339. The molecule has 0 radical (unpaired) electrons. The number of anilines is 1. The highest BCUT2D eigenvalue weighted by atomic mass is 16.5. The summed E-state index contributed by atoms with van der Waals surface area (Å²) in [6.07, 6.45) is 4.43.